The van der Waals surface area contributed by atoms with Crippen LogP contribution >= 0.6 is 0 Å². The molecule has 0 aliphatic heterocycles. The van der Waals surface area contributed by atoms with Crippen LogP contribution in [0.5, 0.6) is 0 Å². The van der Waals surface area contributed by atoms with Crippen LogP contribution in [0.1, 0.15) is 26.7 Å². The number of rotatable bonds is 5. The summed E-state index contributed by atoms with van der Waals surface area (Å²) in [7, 11) is 0. The zero-order chi connectivity index (χ0) is 7.98. The summed E-state index contributed by atoms with van der Waals surface area (Å²) in [6.07, 6.45) is 3.00. The third kappa shape index (κ3) is 3.38. The van der Waals surface area contributed by atoms with E-state index in [9.17, 15) is 9.59 Å². The van der Waals surface area contributed by atoms with Crippen LogP contribution in [0.25, 0.3) is 0 Å². The Morgan fingerprint density at radius 1 is 1.30 bits per heavy atom. The Morgan fingerprint density at radius 2 is 1.90 bits per heavy atom. The molecule has 0 aliphatic rings. The van der Waals surface area contributed by atoms with Crippen molar-refractivity contribution < 1.29 is 9.59 Å². The summed E-state index contributed by atoms with van der Waals surface area (Å²) < 4.78 is 0. The molecule has 0 aromatic rings. The third-order valence-electron chi connectivity index (χ3n) is 1.65. The van der Waals surface area contributed by atoms with E-state index in [0.29, 0.717) is 18.8 Å². The minimum absolute atomic E-state index is 0.0604. The Balaban J connectivity index is 3.59. The van der Waals surface area contributed by atoms with Gasteiger partial charge >= 0.3 is 0 Å². The van der Waals surface area contributed by atoms with Gasteiger partial charge in [0.2, 0.25) is 0 Å². The van der Waals surface area contributed by atoms with Crippen LogP contribution < -0.4 is 0 Å². The maximum Gasteiger partial charge on any atom is 0.123 e. The van der Waals surface area contributed by atoms with E-state index >= 15 is 0 Å². The summed E-state index contributed by atoms with van der Waals surface area (Å²) in [5.74, 6) is 0.419. The smallest absolute Gasteiger partial charge is 0.123 e. The van der Waals surface area contributed by atoms with Crippen LogP contribution in [0, 0.1) is 11.8 Å². The Kier molecular flexibility index (Phi) is 4.81. The average molecular weight is 142 g/mol. The molecule has 1 atom stereocenters. The van der Waals surface area contributed by atoms with Crippen LogP contribution in [-0.4, -0.2) is 12.6 Å². The van der Waals surface area contributed by atoms with Crippen molar-refractivity contribution in [1.82, 2.24) is 0 Å². The molecule has 0 bridgehead atoms. The van der Waals surface area contributed by atoms with E-state index in [1.165, 1.54) is 0 Å². The van der Waals surface area contributed by atoms with Gasteiger partial charge in [0.25, 0.3) is 0 Å². The Labute approximate surface area is 61.6 Å². The highest BCUT2D eigenvalue weighted by Crippen LogP contribution is 2.12. The van der Waals surface area contributed by atoms with Crippen molar-refractivity contribution in [2.24, 2.45) is 11.8 Å². The number of carbonyl (C=O) groups is 2. The van der Waals surface area contributed by atoms with Gasteiger partial charge in [0.15, 0.2) is 0 Å². The molecule has 58 valence electrons. The largest absolute Gasteiger partial charge is 0.303 e. The first-order valence-electron chi connectivity index (χ1n) is 3.61. The summed E-state index contributed by atoms with van der Waals surface area (Å²) in [6, 6.07) is 0. The van der Waals surface area contributed by atoms with E-state index in [1.807, 2.05) is 13.8 Å². The lowest BCUT2D eigenvalue weighted by molar-refractivity contribution is -0.112. The van der Waals surface area contributed by atoms with Crippen molar-refractivity contribution in [3.8, 4) is 0 Å². The van der Waals surface area contributed by atoms with Crippen molar-refractivity contribution in [2.45, 2.75) is 26.7 Å². The minimum Gasteiger partial charge on any atom is -0.303 e. The first-order valence-corrected chi connectivity index (χ1v) is 3.61. The SMILES string of the molecule is CC(C)C(C=O)CCC=O. The highest BCUT2D eigenvalue weighted by molar-refractivity contribution is 5.56. The van der Waals surface area contributed by atoms with Crippen molar-refractivity contribution in [2.75, 3.05) is 0 Å². The number of hydrogen-bond donors (Lipinski definition) is 0. The fourth-order valence-corrected chi connectivity index (χ4v) is 0.819. The summed E-state index contributed by atoms with van der Waals surface area (Å²) >= 11 is 0. The Morgan fingerprint density at radius 3 is 2.20 bits per heavy atom. The van der Waals surface area contributed by atoms with Gasteiger partial charge in [0.05, 0.1) is 0 Å². The van der Waals surface area contributed by atoms with Crippen molar-refractivity contribution in [1.29, 1.82) is 0 Å². The summed E-state index contributed by atoms with van der Waals surface area (Å²) in [5.41, 5.74) is 0. The van der Waals surface area contributed by atoms with Crippen LogP contribution in [0.2, 0.25) is 0 Å². The number of aldehydes is 2. The molecular formula is C8H14O2. The van der Waals surface area contributed by atoms with Crippen molar-refractivity contribution >= 4 is 12.6 Å². The second kappa shape index (κ2) is 5.15. The highest BCUT2D eigenvalue weighted by atomic mass is 16.1. The lowest BCUT2D eigenvalue weighted by Crippen LogP contribution is -2.09. The van der Waals surface area contributed by atoms with Gasteiger partial charge in [-0.3, -0.25) is 0 Å². The monoisotopic (exact) mass is 142 g/mol. The van der Waals surface area contributed by atoms with E-state index < -0.39 is 0 Å². The molecule has 0 heterocycles. The summed E-state index contributed by atoms with van der Waals surface area (Å²) in [5, 5.41) is 0. The molecule has 0 saturated heterocycles. The highest BCUT2D eigenvalue weighted by Gasteiger charge is 2.10. The Bertz CT molecular complexity index is 108. The van der Waals surface area contributed by atoms with E-state index in [0.717, 1.165) is 12.6 Å². The van der Waals surface area contributed by atoms with Crippen LogP contribution in [-0.2, 0) is 9.59 Å². The summed E-state index contributed by atoms with van der Waals surface area (Å²) in [4.78, 5) is 20.3. The molecule has 0 N–H and O–H groups in total. The maximum absolute atomic E-state index is 10.3. The van der Waals surface area contributed by atoms with E-state index in [1.54, 1.807) is 0 Å². The zero-order valence-corrected chi connectivity index (χ0v) is 6.54. The standard InChI is InChI=1S/C8H14O2/c1-7(2)8(6-10)4-3-5-9/h5-8H,3-4H2,1-2H3. The molecule has 10 heavy (non-hydrogen) atoms. The Hall–Kier alpha value is -0.660. The normalized spacial score (nSPS) is 13.1. The van der Waals surface area contributed by atoms with Crippen LogP contribution in [0.15, 0.2) is 0 Å². The predicted octanol–water partition coefficient (Wildman–Crippen LogP) is 1.44. The van der Waals surface area contributed by atoms with Gasteiger partial charge < -0.3 is 9.59 Å². The summed E-state index contributed by atoms with van der Waals surface area (Å²) in [6.45, 7) is 3.98. The lowest BCUT2D eigenvalue weighted by atomic mass is 9.93. The van der Waals surface area contributed by atoms with Crippen molar-refractivity contribution in [3.63, 3.8) is 0 Å². The second-order valence-electron chi connectivity index (χ2n) is 2.79. The molecule has 0 fully saturated rings. The topological polar surface area (TPSA) is 34.1 Å². The number of hydrogen-bond acceptors (Lipinski definition) is 2. The molecule has 0 saturated carbocycles. The maximum atomic E-state index is 10.3. The molecule has 2 nitrogen and oxygen atoms in total. The molecule has 0 aliphatic carbocycles. The fraction of sp³-hybridized carbons (Fsp3) is 0.750. The second-order valence-corrected chi connectivity index (χ2v) is 2.79. The fourth-order valence-electron chi connectivity index (χ4n) is 0.819. The van der Waals surface area contributed by atoms with Gasteiger partial charge in [0, 0.05) is 12.3 Å². The zero-order valence-electron chi connectivity index (χ0n) is 6.54. The molecular weight excluding hydrogens is 128 g/mol. The molecule has 2 heteroatoms. The molecule has 0 spiro atoms. The van der Waals surface area contributed by atoms with Gasteiger partial charge in [-0.1, -0.05) is 13.8 Å². The minimum atomic E-state index is 0.0604. The third-order valence-corrected chi connectivity index (χ3v) is 1.65. The quantitative estimate of drug-likeness (QED) is 0.544. The van der Waals surface area contributed by atoms with Crippen LogP contribution in [0.4, 0.5) is 0 Å². The van der Waals surface area contributed by atoms with Gasteiger partial charge in [-0.25, -0.2) is 0 Å². The van der Waals surface area contributed by atoms with E-state index in [2.05, 4.69) is 0 Å². The molecule has 0 aromatic carbocycles. The average Bonchev–Trinajstić information content (AvgIpc) is 1.89. The van der Waals surface area contributed by atoms with Gasteiger partial charge in [0.1, 0.15) is 12.6 Å². The van der Waals surface area contributed by atoms with Crippen molar-refractivity contribution in [3.05, 3.63) is 0 Å². The molecule has 0 amide bonds. The predicted molar refractivity (Wildman–Crippen MR) is 39.7 cm³/mol. The molecule has 0 rings (SSSR count). The van der Waals surface area contributed by atoms with E-state index in [4.69, 9.17) is 0 Å². The van der Waals surface area contributed by atoms with E-state index in [-0.39, 0.29) is 5.92 Å². The number of carbonyl (C=O) groups excluding carboxylic acids is 2. The molecule has 0 aromatic heterocycles. The first kappa shape index (κ1) is 9.34. The van der Waals surface area contributed by atoms with Gasteiger partial charge in [-0.2, -0.15) is 0 Å². The van der Waals surface area contributed by atoms with Gasteiger partial charge in [-0.15, -0.1) is 0 Å². The molecule has 0 radical (unpaired) electrons. The first-order chi connectivity index (χ1) is 4.72. The lowest BCUT2D eigenvalue weighted by Gasteiger charge is -2.10. The van der Waals surface area contributed by atoms with Gasteiger partial charge in [-0.05, 0) is 12.3 Å². The van der Waals surface area contributed by atoms with Crippen LogP contribution in [0.3, 0.4) is 0 Å². The molecule has 1 unspecified atom stereocenters.